The van der Waals surface area contributed by atoms with Crippen LogP contribution in [0.1, 0.15) is 33.6 Å². The zero-order valence-corrected chi connectivity index (χ0v) is 20.8. The topological polar surface area (TPSA) is 69.2 Å². The van der Waals surface area contributed by atoms with E-state index in [9.17, 15) is 18.0 Å². The van der Waals surface area contributed by atoms with Crippen molar-refractivity contribution in [2.75, 3.05) is 59.5 Å². The van der Waals surface area contributed by atoms with Gasteiger partial charge in [-0.2, -0.15) is 13.2 Å². The number of halogens is 4. The number of aliphatic imine (C=N–C) groups is 1. The monoisotopic (exact) mass is 551 g/mol. The summed E-state index contributed by atoms with van der Waals surface area (Å²) in [4.78, 5) is 19.2. The Morgan fingerprint density at radius 3 is 2.27 bits per heavy atom. The van der Waals surface area contributed by atoms with Crippen molar-refractivity contribution in [3.05, 3.63) is 0 Å². The number of amides is 1. The molecular formula is C19H37F3IN5O2. The van der Waals surface area contributed by atoms with E-state index >= 15 is 0 Å². The van der Waals surface area contributed by atoms with Crippen LogP contribution < -0.4 is 10.6 Å². The van der Waals surface area contributed by atoms with Crippen LogP contribution in [-0.4, -0.2) is 93.4 Å². The first-order chi connectivity index (χ1) is 13.7. The molecule has 0 saturated carbocycles. The van der Waals surface area contributed by atoms with E-state index in [2.05, 4.69) is 34.4 Å². The summed E-state index contributed by atoms with van der Waals surface area (Å²) in [6, 6.07) is 0.293. The molecule has 7 nitrogen and oxygen atoms in total. The number of carbonyl (C=O) groups excluding carboxylic acids is 1. The van der Waals surface area contributed by atoms with E-state index in [0.717, 1.165) is 33.0 Å². The normalized spacial score (nSPS) is 16.7. The smallest absolute Gasteiger partial charge is 0.379 e. The number of hydrogen-bond acceptors (Lipinski definition) is 4. The Hall–Kier alpha value is -0.820. The minimum absolute atomic E-state index is 0. The maximum absolute atomic E-state index is 12.4. The molecule has 1 amide bonds. The number of alkyl halides is 3. The van der Waals surface area contributed by atoms with E-state index in [0.29, 0.717) is 49.1 Å². The second kappa shape index (κ2) is 15.1. The molecule has 0 radical (unpaired) electrons. The van der Waals surface area contributed by atoms with Crippen LogP contribution in [0, 0.1) is 5.92 Å². The fourth-order valence-corrected chi connectivity index (χ4v) is 3.50. The lowest BCUT2D eigenvalue weighted by atomic mass is 9.92. The summed E-state index contributed by atoms with van der Waals surface area (Å²) >= 11 is 0. The standard InChI is InChI=1S/C19H36F3N5O2.HI/c1-5-15(6-2)16(27-8-10-29-11-9-27)12-24-18(23-7-3)25-13-17(28)26(4)14-19(20,21)22;/h15-16H,5-14H2,1-4H3,(H2,23,24,25);1H. The number of rotatable bonds is 10. The molecule has 1 saturated heterocycles. The van der Waals surface area contributed by atoms with Gasteiger partial charge in [-0.3, -0.25) is 9.69 Å². The predicted molar refractivity (Wildman–Crippen MR) is 123 cm³/mol. The van der Waals surface area contributed by atoms with Gasteiger partial charge in [-0.15, -0.1) is 24.0 Å². The summed E-state index contributed by atoms with van der Waals surface area (Å²) in [7, 11) is 1.13. The molecule has 178 valence electrons. The predicted octanol–water partition coefficient (Wildman–Crippen LogP) is 2.32. The Morgan fingerprint density at radius 1 is 1.17 bits per heavy atom. The molecule has 0 aromatic heterocycles. The van der Waals surface area contributed by atoms with Gasteiger partial charge in [0.1, 0.15) is 13.1 Å². The third-order valence-corrected chi connectivity index (χ3v) is 5.15. The lowest BCUT2D eigenvalue weighted by Gasteiger charge is -2.39. The quantitative estimate of drug-likeness (QED) is 0.248. The zero-order valence-electron chi connectivity index (χ0n) is 18.4. The van der Waals surface area contributed by atoms with Gasteiger partial charge in [-0.05, 0) is 12.8 Å². The molecule has 0 spiro atoms. The Morgan fingerprint density at radius 2 is 1.77 bits per heavy atom. The summed E-state index contributed by atoms with van der Waals surface area (Å²) < 4.78 is 42.8. The van der Waals surface area contributed by atoms with E-state index in [-0.39, 0.29) is 30.5 Å². The first-order valence-electron chi connectivity index (χ1n) is 10.4. The molecule has 1 atom stereocenters. The molecule has 0 bridgehead atoms. The van der Waals surface area contributed by atoms with Gasteiger partial charge in [-0.25, -0.2) is 4.99 Å². The molecule has 1 aliphatic heterocycles. The zero-order chi connectivity index (χ0) is 21.9. The van der Waals surface area contributed by atoms with Crippen molar-refractivity contribution in [3.63, 3.8) is 0 Å². The average molecular weight is 551 g/mol. The van der Waals surface area contributed by atoms with Crippen molar-refractivity contribution < 1.29 is 22.7 Å². The molecule has 2 N–H and O–H groups in total. The highest BCUT2D eigenvalue weighted by molar-refractivity contribution is 14.0. The Balaban J connectivity index is 0.00000841. The molecule has 1 aliphatic rings. The van der Waals surface area contributed by atoms with Gasteiger partial charge in [0, 0.05) is 39.3 Å². The van der Waals surface area contributed by atoms with Gasteiger partial charge in [-0.1, -0.05) is 26.7 Å². The number of morpholine rings is 1. The first kappa shape index (κ1) is 29.2. The molecule has 30 heavy (non-hydrogen) atoms. The van der Waals surface area contributed by atoms with Crippen molar-refractivity contribution >= 4 is 35.8 Å². The summed E-state index contributed by atoms with van der Waals surface area (Å²) in [5.74, 6) is 0.262. The van der Waals surface area contributed by atoms with Gasteiger partial charge in [0.25, 0.3) is 0 Å². The van der Waals surface area contributed by atoms with Crippen molar-refractivity contribution in [1.82, 2.24) is 20.4 Å². The summed E-state index contributed by atoms with van der Waals surface area (Å²) in [6.07, 6.45) is -2.32. The Kier molecular flexibility index (Phi) is 14.6. The first-order valence-corrected chi connectivity index (χ1v) is 10.4. The molecule has 1 fully saturated rings. The second-order valence-corrected chi connectivity index (χ2v) is 7.23. The molecule has 0 aliphatic carbocycles. The maximum Gasteiger partial charge on any atom is 0.406 e. The van der Waals surface area contributed by atoms with E-state index in [4.69, 9.17) is 4.74 Å². The highest BCUT2D eigenvalue weighted by atomic mass is 127. The molecule has 11 heteroatoms. The van der Waals surface area contributed by atoms with E-state index in [1.165, 1.54) is 0 Å². The number of carbonyl (C=O) groups is 1. The van der Waals surface area contributed by atoms with Crippen molar-refractivity contribution in [3.8, 4) is 0 Å². The molecular weight excluding hydrogens is 514 g/mol. The fraction of sp³-hybridized carbons (Fsp3) is 0.895. The Labute approximate surface area is 195 Å². The molecule has 0 aromatic rings. The van der Waals surface area contributed by atoms with Crippen LogP contribution in [-0.2, 0) is 9.53 Å². The third kappa shape index (κ3) is 11.0. The number of hydrogen-bond donors (Lipinski definition) is 2. The van der Waals surface area contributed by atoms with Crippen LogP contribution in [0.3, 0.4) is 0 Å². The highest BCUT2D eigenvalue weighted by Crippen LogP contribution is 2.19. The third-order valence-electron chi connectivity index (χ3n) is 5.15. The van der Waals surface area contributed by atoms with E-state index < -0.39 is 18.6 Å². The fourth-order valence-electron chi connectivity index (χ4n) is 3.50. The summed E-state index contributed by atoms with van der Waals surface area (Å²) in [5.41, 5.74) is 0. The highest BCUT2D eigenvalue weighted by Gasteiger charge is 2.31. The molecule has 1 heterocycles. The second-order valence-electron chi connectivity index (χ2n) is 7.23. The molecule has 0 aromatic carbocycles. The largest absolute Gasteiger partial charge is 0.406 e. The van der Waals surface area contributed by atoms with Crippen LogP contribution in [0.15, 0.2) is 4.99 Å². The van der Waals surface area contributed by atoms with Crippen molar-refractivity contribution in [2.24, 2.45) is 10.9 Å². The SMILES string of the molecule is CCNC(=NCC(=O)N(C)CC(F)(F)F)NCC(C(CC)CC)N1CCOCC1.I. The minimum Gasteiger partial charge on any atom is -0.379 e. The minimum atomic E-state index is -4.42. The average Bonchev–Trinajstić information content (AvgIpc) is 2.68. The lowest BCUT2D eigenvalue weighted by molar-refractivity contribution is -0.157. The van der Waals surface area contributed by atoms with E-state index in [1.807, 2.05) is 6.92 Å². The van der Waals surface area contributed by atoms with E-state index in [1.54, 1.807) is 0 Å². The summed E-state index contributed by atoms with van der Waals surface area (Å²) in [5, 5.41) is 6.33. The number of guanidine groups is 1. The maximum atomic E-state index is 12.4. The van der Waals surface area contributed by atoms with Crippen LogP contribution >= 0.6 is 24.0 Å². The summed E-state index contributed by atoms with van der Waals surface area (Å²) in [6.45, 7) is 9.04. The van der Waals surface area contributed by atoms with Gasteiger partial charge in [0.15, 0.2) is 5.96 Å². The van der Waals surface area contributed by atoms with Gasteiger partial charge in [0.2, 0.25) is 5.91 Å². The van der Waals surface area contributed by atoms with Crippen molar-refractivity contribution in [2.45, 2.75) is 45.8 Å². The van der Waals surface area contributed by atoms with Crippen LogP contribution in [0.4, 0.5) is 13.2 Å². The van der Waals surface area contributed by atoms with Crippen LogP contribution in [0.2, 0.25) is 0 Å². The van der Waals surface area contributed by atoms with Crippen LogP contribution in [0.25, 0.3) is 0 Å². The number of nitrogens with zero attached hydrogens (tertiary/aromatic N) is 3. The molecule has 1 rings (SSSR count). The van der Waals surface area contributed by atoms with Gasteiger partial charge >= 0.3 is 6.18 Å². The number of likely N-dealkylation sites (N-methyl/N-ethyl adjacent to an activating group) is 1. The Bertz CT molecular complexity index is 513. The van der Waals surface area contributed by atoms with Crippen LogP contribution in [0.5, 0.6) is 0 Å². The van der Waals surface area contributed by atoms with Gasteiger partial charge < -0.3 is 20.3 Å². The van der Waals surface area contributed by atoms with Gasteiger partial charge in [0.05, 0.1) is 13.2 Å². The number of ether oxygens (including phenoxy) is 1. The number of nitrogens with one attached hydrogen (secondary N) is 2. The lowest BCUT2D eigenvalue weighted by Crippen LogP contribution is -2.53. The van der Waals surface area contributed by atoms with Crippen molar-refractivity contribution in [1.29, 1.82) is 0 Å². The molecule has 1 unspecified atom stereocenters.